The molecule has 0 bridgehead atoms. The van der Waals surface area contributed by atoms with Crippen molar-refractivity contribution >= 4 is 24.0 Å². The van der Waals surface area contributed by atoms with E-state index in [0.29, 0.717) is 0 Å². The highest BCUT2D eigenvalue weighted by Gasteiger charge is 2.54. The van der Waals surface area contributed by atoms with Gasteiger partial charge in [0, 0.05) is 18.2 Å². The molecule has 0 spiro atoms. The molecule has 3 rings (SSSR count). The molecule has 5 N–H and O–H groups in total. The lowest BCUT2D eigenvalue weighted by Crippen LogP contribution is -2.45. The molecule has 0 fully saturated rings. The van der Waals surface area contributed by atoms with Crippen LogP contribution in [0.15, 0.2) is 35.5 Å². The first kappa shape index (κ1) is 26.4. The van der Waals surface area contributed by atoms with Gasteiger partial charge in [0.25, 0.3) is 12.4 Å². The fourth-order valence-corrected chi connectivity index (χ4v) is 3.19. The molecular weight excluding hydrogens is 464 g/mol. The number of carboxylic acid groups (broad SMARTS) is 1. The van der Waals surface area contributed by atoms with Crippen LogP contribution in [-0.4, -0.2) is 53.2 Å². The molecule has 2 aromatic rings. The average Bonchev–Trinajstić information content (AvgIpc) is 2.84. The summed E-state index contributed by atoms with van der Waals surface area (Å²) in [5, 5.41) is 6.89. The van der Waals surface area contributed by atoms with E-state index in [2.05, 4.69) is 9.98 Å². The first-order chi connectivity index (χ1) is 15.9. The number of ketones is 1. The zero-order chi connectivity index (χ0) is 25.7. The van der Waals surface area contributed by atoms with Gasteiger partial charge in [-0.05, 0) is 30.7 Å². The van der Waals surface area contributed by atoms with Gasteiger partial charge in [0.2, 0.25) is 5.91 Å². The number of aliphatic imine (C=N–C) groups is 1. The van der Waals surface area contributed by atoms with Crippen LogP contribution in [-0.2, 0) is 21.5 Å². The van der Waals surface area contributed by atoms with Gasteiger partial charge in [-0.1, -0.05) is 6.07 Å². The number of nitrogens with two attached hydrogens (primary N) is 2. The topological polar surface area (TPSA) is 158 Å². The molecule has 182 valence electrons. The molecule has 1 aliphatic heterocycles. The summed E-state index contributed by atoms with van der Waals surface area (Å²) in [7, 11) is 0. The van der Waals surface area contributed by atoms with Crippen LogP contribution >= 0.6 is 0 Å². The van der Waals surface area contributed by atoms with Gasteiger partial charge in [-0.2, -0.15) is 0 Å². The normalized spacial score (nSPS) is 19.1. The first-order valence-electron chi connectivity index (χ1n) is 9.51. The third-order valence-corrected chi connectivity index (χ3v) is 4.92. The zero-order valence-electron chi connectivity index (χ0n) is 17.7. The Morgan fingerprint density at radius 3 is 2.47 bits per heavy atom. The quantitative estimate of drug-likeness (QED) is 0.332. The number of carbonyl (C=O) groups is 3. The Morgan fingerprint density at radius 2 is 1.88 bits per heavy atom. The number of hydrogen-bond donors (Lipinski definition) is 3. The molecule has 1 aliphatic rings. The lowest BCUT2D eigenvalue weighted by atomic mass is 9.84. The van der Waals surface area contributed by atoms with E-state index in [1.807, 2.05) is 0 Å². The van der Waals surface area contributed by atoms with Gasteiger partial charge < -0.3 is 21.3 Å². The SMILES string of the molecule is C[C@]1(c2cc(CC(=O)c3ncc(C(N)=O)cc3F)ccc2F)N=C(N)COCC1(F)F.O=CO. The van der Waals surface area contributed by atoms with Crippen molar-refractivity contribution in [3.63, 3.8) is 0 Å². The van der Waals surface area contributed by atoms with Crippen molar-refractivity contribution in [2.75, 3.05) is 13.2 Å². The van der Waals surface area contributed by atoms with Gasteiger partial charge in [0.05, 0.1) is 5.56 Å². The number of hydrogen-bond acceptors (Lipinski definition) is 7. The van der Waals surface area contributed by atoms with Crippen molar-refractivity contribution in [1.82, 2.24) is 4.98 Å². The molecular formula is C21H20F4N4O5. The second-order valence-electron chi connectivity index (χ2n) is 7.31. The monoisotopic (exact) mass is 484 g/mol. The molecule has 9 nitrogen and oxygen atoms in total. The molecule has 0 saturated carbocycles. The van der Waals surface area contributed by atoms with Crippen LogP contribution in [0.1, 0.15) is 38.9 Å². The number of rotatable bonds is 5. The van der Waals surface area contributed by atoms with Crippen LogP contribution in [0, 0.1) is 11.6 Å². The predicted octanol–water partition coefficient (Wildman–Crippen LogP) is 1.82. The van der Waals surface area contributed by atoms with Crippen molar-refractivity contribution in [1.29, 1.82) is 0 Å². The molecule has 1 aromatic heterocycles. The maximum Gasteiger partial charge on any atom is 0.299 e. The van der Waals surface area contributed by atoms with Crippen molar-refractivity contribution in [3.8, 4) is 0 Å². The highest BCUT2D eigenvalue weighted by molar-refractivity contribution is 5.97. The van der Waals surface area contributed by atoms with Gasteiger partial charge in [0.1, 0.15) is 30.6 Å². The molecule has 0 saturated heterocycles. The number of pyridine rings is 1. The fourth-order valence-electron chi connectivity index (χ4n) is 3.19. The van der Waals surface area contributed by atoms with E-state index in [1.165, 1.54) is 6.07 Å². The third kappa shape index (κ3) is 5.54. The summed E-state index contributed by atoms with van der Waals surface area (Å²) < 4.78 is 63.0. The number of carbonyl (C=O) groups excluding carboxylic acids is 2. The van der Waals surface area contributed by atoms with E-state index >= 15 is 0 Å². The number of primary amides is 1. The molecule has 13 heteroatoms. The van der Waals surface area contributed by atoms with Crippen LogP contribution in [0.2, 0.25) is 0 Å². The van der Waals surface area contributed by atoms with Crippen molar-refractivity contribution < 1.29 is 41.8 Å². The Balaban J connectivity index is 0.00000129. The van der Waals surface area contributed by atoms with E-state index in [1.54, 1.807) is 0 Å². The fraction of sp³-hybridized carbons (Fsp3) is 0.286. The zero-order valence-corrected chi connectivity index (χ0v) is 17.7. The van der Waals surface area contributed by atoms with E-state index in [4.69, 9.17) is 26.1 Å². The summed E-state index contributed by atoms with van der Waals surface area (Å²) in [6.45, 7) is -0.600. The largest absolute Gasteiger partial charge is 0.483 e. The van der Waals surface area contributed by atoms with E-state index in [9.17, 15) is 27.2 Å². The molecule has 0 unspecified atom stereocenters. The highest BCUT2D eigenvalue weighted by Crippen LogP contribution is 2.43. The van der Waals surface area contributed by atoms with Crippen LogP contribution in [0.5, 0.6) is 0 Å². The Kier molecular flexibility index (Phi) is 8.05. The summed E-state index contributed by atoms with van der Waals surface area (Å²) in [5.41, 5.74) is 7.08. The molecule has 34 heavy (non-hydrogen) atoms. The standard InChI is InChI=1S/C20H18F4N4O3.CH2O2/c1-19(20(23,24)9-31-8-16(25)28-19)12-4-10(2-3-13(12)21)5-15(29)17-14(22)6-11(7-27-17)18(26)30;2-1-3/h2-4,6-7H,5,8-9H2,1H3,(H2,25,28)(H2,26,30);1H,(H,2,3)/t19-;/m1./s1. The minimum absolute atomic E-state index is 0.123. The van der Waals surface area contributed by atoms with Gasteiger partial charge >= 0.3 is 0 Å². The number of Topliss-reactive ketones (excluding diaryl/α,β-unsaturated/α-hetero) is 1. The van der Waals surface area contributed by atoms with Gasteiger partial charge in [-0.15, -0.1) is 0 Å². The van der Waals surface area contributed by atoms with Crippen molar-refractivity contribution in [3.05, 3.63) is 64.5 Å². The Bertz CT molecular complexity index is 1140. The third-order valence-electron chi connectivity index (χ3n) is 4.92. The lowest BCUT2D eigenvalue weighted by Gasteiger charge is -2.33. The van der Waals surface area contributed by atoms with Crippen LogP contribution in [0.25, 0.3) is 0 Å². The number of amides is 1. The van der Waals surface area contributed by atoms with Gasteiger partial charge in [-0.3, -0.25) is 19.4 Å². The predicted molar refractivity (Wildman–Crippen MR) is 111 cm³/mol. The van der Waals surface area contributed by atoms with E-state index in [-0.39, 0.29) is 30.0 Å². The lowest BCUT2D eigenvalue weighted by molar-refractivity contribution is -0.122. The van der Waals surface area contributed by atoms with Crippen LogP contribution in [0.3, 0.4) is 0 Å². The Morgan fingerprint density at radius 1 is 1.24 bits per heavy atom. The molecule has 1 amide bonds. The molecule has 1 aromatic carbocycles. The second kappa shape index (κ2) is 10.4. The number of aromatic nitrogens is 1. The molecule has 1 atom stereocenters. The number of amidine groups is 1. The Hall–Kier alpha value is -3.87. The van der Waals surface area contributed by atoms with E-state index in [0.717, 1.165) is 31.3 Å². The van der Waals surface area contributed by atoms with Crippen LogP contribution in [0.4, 0.5) is 17.6 Å². The minimum atomic E-state index is -3.60. The number of benzene rings is 1. The van der Waals surface area contributed by atoms with Gasteiger partial charge in [-0.25, -0.2) is 22.5 Å². The van der Waals surface area contributed by atoms with Crippen molar-refractivity contribution in [2.45, 2.75) is 24.8 Å². The summed E-state index contributed by atoms with van der Waals surface area (Å²) >= 11 is 0. The summed E-state index contributed by atoms with van der Waals surface area (Å²) in [4.78, 5) is 39.3. The van der Waals surface area contributed by atoms with Crippen molar-refractivity contribution in [2.24, 2.45) is 16.5 Å². The summed E-state index contributed by atoms with van der Waals surface area (Å²) in [5.74, 6) is -7.62. The molecule has 0 aliphatic carbocycles. The maximum absolute atomic E-state index is 14.7. The maximum atomic E-state index is 14.7. The minimum Gasteiger partial charge on any atom is -0.483 e. The number of nitrogens with zero attached hydrogens (tertiary/aromatic N) is 2. The Labute approximate surface area is 190 Å². The average molecular weight is 484 g/mol. The van der Waals surface area contributed by atoms with E-state index < -0.39 is 59.1 Å². The highest BCUT2D eigenvalue weighted by atomic mass is 19.3. The second-order valence-corrected chi connectivity index (χ2v) is 7.31. The van der Waals surface area contributed by atoms with Gasteiger partial charge in [0.15, 0.2) is 17.1 Å². The number of halogens is 4. The molecule has 0 radical (unpaired) electrons. The summed E-state index contributed by atoms with van der Waals surface area (Å²) in [6.07, 6.45) is 0.476. The smallest absolute Gasteiger partial charge is 0.299 e. The first-order valence-corrected chi connectivity index (χ1v) is 9.51. The number of ether oxygens (including phenoxy) is 1. The van der Waals surface area contributed by atoms with Crippen LogP contribution < -0.4 is 11.5 Å². The number of alkyl halides is 2. The molecule has 2 heterocycles. The summed E-state index contributed by atoms with van der Waals surface area (Å²) in [6, 6.07) is 3.94.